The van der Waals surface area contributed by atoms with Gasteiger partial charge in [0.2, 0.25) is 0 Å². The first kappa shape index (κ1) is 19.2. The highest BCUT2D eigenvalue weighted by atomic mass is 16.7. The molecule has 0 amide bonds. The molecule has 1 aliphatic carbocycles. The molecule has 24 heavy (non-hydrogen) atoms. The van der Waals surface area contributed by atoms with Crippen molar-refractivity contribution >= 4 is 5.97 Å². The van der Waals surface area contributed by atoms with Crippen molar-refractivity contribution in [3.63, 3.8) is 0 Å². The van der Waals surface area contributed by atoms with Gasteiger partial charge in [-0.1, -0.05) is 50.5 Å². The molecule has 4 atom stereocenters. The van der Waals surface area contributed by atoms with Gasteiger partial charge in [-0.05, 0) is 44.4 Å². The van der Waals surface area contributed by atoms with Crippen LogP contribution in [0.5, 0.6) is 0 Å². The van der Waals surface area contributed by atoms with Gasteiger partial charge < -0.3 is 5.11 Å². The lowest BCUT2D eigenvalue weighted by Crippen LogP contribution is -2.37. The number of hydrogen-bond acceptors (Lipinski definition) is 3. The molecule has 1 saturated carbocycles. The summed E-state index contributed by atoms with van der Waals surface area (Å²) in [4.78, 5) is 16.2. The van der Waals surface area contributed by atoms with Crippen LogP contribution in [0.3, 0.4) is 0 Å². The molecule has 0 aromatic heterocycles. The topological polar surface area (TPSA) is 58.6 Å². The average Bonchev–Trinajstić information content (AvgIpc) is 3.15. The molecule has 0 aromatic carbocycles. The minimum atomic E-state index is -0.706. The summed E-state index contributed by atoms with van der Waals surface area (Å²) in [5, 5.41) is 8.65. The van der Waals surface area contributed by atoms with Crippen LogP contribution in [-0.4, -0.2) is 23.2 Å². The number of carboxylic acid groups (broad SMARTS) is 1. The van der Waals surface area contributed by atoms with Crippen LogP contribution in [0, 0.1) is 11.8 Å². The fourth-order valence-electron chi connectivity index (χ4n) is 3.84. The van der Waals surface area contributed by atoms with Crippen molar-refractivity contribution in [3.8, 4) is 0 Å². The number of carboxylic acids is 1. The van der Waals surface area contributed by atoms with Gasteiger partial charge in [0.1, 0.15) is 0 Å². The van der Waals surface area contributed by atoms with E-state index in [0.29, 0.717) is 24.0 Å². The third-order valence-corrected chi connectivity index (χ3v) is 5.22. The second-order valence-electron chi connectivity index (χ2n) is 7.13. The molecule has 2 N–H and O–H groups in total. The predicted octanol–water partition coefficient (Wildman–Crippen LogP) is 4.62. The van der Waals surface area contributed by atoms with Crippen molar-refractivity contribution < 1.29 is 14.7 Å². The van der Waals surface area contributed by atoms with Gasteiger partial charge in [0.25, 0.3) is 0 Å². The second-order valence-corrected chi connectivity index (χ2v) is 7.13. The summed E-state index contributed by atoms with van der Waals surface area (Å²) in [5.74, 6) is 0.416. The van der Waals surface area contributed by atoms with Crippen LogP contribution in [-0.2, 0) is 9.63 Å². The molecule has 4 nitrogen and oxygen atoms in total. The number of hydrogen-bond donors (Lipinski definition) is 2. The molecule has 0 aromatic rings. The Kier molecular flexibility index (Phi) is 8.54. The van der Waals surface area contributed by atoms with Gasteiger partial charge in [-0.2, -0.15) is 5.48 Å². The summed E-state index contributed by atoms with van der Waals surface area (Å²) in [7, 11) is 0. The highest BCUT2D eigenvalue weighted by Crippen LogP contribution is 2.41. The summed E-state index contributed by atoms with van der Waals surface area (Å²) in [6, 6.07) is 0.466. The van der Waals surface area contributed by atoms with Gasteiger partial charge in [-0.25, -0.2) is 0 Å². The van der Waals surface area contributed by atoms with Crippen molar-refractivity contribution in [1.82, 2.24) is 5.48 Å². The van der Waals surface area contributed by atoms with Gasteiger partial charge in [0, 0.05) is 18.4 Å². The lowest BCUT2D eigenvalue weighted by molar-refractivity contribution is -0.137. The Morgan fingerprint density at radius 3 is 2.79 bits per heavy atom. The molecule has 136 valence electrons. The lowest BCUT2D eigenvalue weighted by Gasteiger charge is -2.28. The maximum absolute atomic E-state index is 10.5. The van der Waals surface area contributed by atoms with Gasteiger partial charge in [0.15, 0.2) is 0 Å². The molecule has 0 unspecified atom stereocenters. The van der Waals surface area contributed by atoms with Crippen LogP contribution in [0.15, 0.2) is 24.3 Å². The number of fused-ring (bicyclic) bond motifs is 2. The van der Waals surface area contributed by atoms with E-state index < -0.39 is 5.97 Å². The standard InChI is InChI=1S/C20H33NO3/c1-2-3-4-5-6-10-13-17-16(18-15-19(17)24-21-18)12-9-7-8-11-14-20(22)23/h7,9-10,13,16-19,21H,2-6,8,11-12,14-15H2,1H3,(H,22,23)/b9-7-,13-10+/t16-,17-,18+,19-/m1/s1. The normalized spacial score (nSPS) is 29.2. The largest absolute Gasteiger partial charge is 0.481 e. The first-order valence-electron chi connectivity index (χ1n) is 9.67. The van der Waals surface area contributed by atoms with Gasteiger partial charge in [0.05, 0.1) is 6.10 Å². The quantitative estimate of drug-likeness (QED) is 0.403. The Balaban J connectivity index is 1.72. The van der Waals surface area contributed by atoms with E-state index in [9.17, 15) is 4.79 Å². The van der Waals surface area contributed by atoms with E-state index in [1.807, 2.05) is 0 Å². The van der Waals surface area contributed by atoms with Crippen LogP contribution in [0.4, 0.5) is 0 Å². The van der Waals surface area contributed by atoms with Crippen LogP contribution < -0.4 is 5.48 Å². The first-order chi connectivity index (χ1) is 11.7. The van der Waals surface area contributed by atoms with Crippen molar-refractivity contribution in [2.24, 2.45) is 11.8 Å². The summed E-state index contributed by atoms with van der Waals surface area (Å²) >= 11 is 0. The molecule has 1 aliphatic heterocycles. The Hall–Kier alpha value is -1.13. The Labute approximate surface area is 146 Å². The zero-order valence-corrected chi connectivity index (χ0v) is 15.0. The van der Waals surface area contributed by atoms with Gasteiger partial charge >= 0.3 is 5.97 Å². The predicted molar refractivity (Wildman–Crippen MR) is 96.5 cm³/mol. The summed E-state index contributed by atoms with van der Waals surface area (Å²) in [6.07, 6.45) is 19.9. The zero-order valence-electron chi connectivity index (χ0n) is 15.0. The second kappa shape index (κ2) is 10.7. The van der Waals surface area contributed by atoms with E-state index in [-0.39, 0.29) is 6.42 Å². The number of hydroxylamine groups is 1. The molecule has 4 heteroatoms. The molecule has 1 saturated heterocycles. The SMILES string of the molecule is CCCCCC/C=C/[C@@H]1[C@@H](C/C=C\CCCC(=O)O)[C@@H]2C[C@H]1ON2. The average molecular weight is 335 g/mol. The monoisotopic (exact) mass is 335 g/mol. The van der Waals surface area contributed by atoms with Crippen LogP contribution in [0.25, 0.3) is 0 Å². The number of aliphatic carboxylic acids is 1. The van der Waals surface area contributed by atoms with Crippen LogP contribution in [0.2, 0.25) is 0 Å². The van der Waals surface area contributed by atoms with Gasteiger partial charge in [-0.15, -0.1) is 0 Å². The maximum atomic E-state index is 10.5. The summed E-state index contributed by atoms with van der Waals surface area (Å²) in [5.41, 5.74) is 3.18. The van der Waals surface area contributed by atoms with E-state index in [1.165, 1.54) is 32.1 Å². The Bertz CT molecular complexity index is 433. The minimum absolute atomic E-state index is 0.261. The lowest BCUT2D eigenvalue weighted by atomic mass is 9.88. The van der Waals surface area contributed by atoms with E-state index in [1.54, 1.807) is 0 Å². The summed E-state index contributed by atoms with van der Waals surface area (Å²) < 4.78 is 0. The number of rotatable bonds is 12. The Morgan fingerprint density at radius 2 is 2.00 bits per heavy atom. The molecule has 1 heterocycles. The fourth-order valence-corrected chi connectivity index (χ4v) is 3.84. The highest BCUT2D eigenvalue weighted by Gasteiger charge is 2.47. The molecule has 2 fully saturated rings. The molecular weight excluding hydrogens is 302 g/mol. The number of nitrogens with one attached hydrogen (secondary N) is 1. The maximum Gasteiger partial charge on any atom is 0.303 e. The van der Waals surface area contributed by atoms with Crippen molar-refractivity contribution in [2.45, 2.75) is 83.3 Å². The van der Waals surface area contributed by atoms with E-state index in [4.69, 9.17) is 9.94 Å². The fraction of sp³-hybridized carbons (Fsp3) is 0.750. The molecule has 0 spiro atoms. The van der Waals surface area contributed by atoms with Crippen LogP contribution in [0.1, 0.15) is 71.1 Å². The molecule has 2 bridgehead atoms. The number of allylic oxidation sites excluding steroid dienone is 3. The van der Waals surface area contributed by atoms with Crippen molar-refractivity contribution in [2.75, 3.05) is 0 Å². The van der Waals surface area contributed by atoms with Crippen LogP contribution >= 0.6 is 0 Å². The third-order valence-electron chi connectivity index (χ3n) is 5.22. The van der Waals surface area contributed by atoms with E-state index in [2.05, 4.69) is 36.7 Å². The van der Waals surface area contributed by atoms with Crippen molar-refractivity contribution in [3.05, 3.63) is 24.3 Å². The van der Waals surface area contributed by atoms with Crippen molar-refractivity contribution in [1.29, 1.82) is 0 Å². The zero-order chi connectivity index (χ0) is 17.2. The molecule has 0 radical (unpaired) electrons. The minimum Gasteiger partial charge on any atom is -0.481 e. The van der Waals surface area contributed by atoms with Gasteiger partial charge in [-0.3, -0.25) is 9.63 Å². The summed E-state index contributed by atoms with van der Waals surface area (Å²) in [6.45, 7) is 2.25. The molecular formula is C20H33NO3. The third kappa shape index (κ3) is 6.06. The smallest absolute Gasteiger partial charge is 0.303 e. The van der Waals surface area contributed by atoms with E-state index >= 15 is 0 Å². The highest BCUT2D eigenvalue weighted by molar-refractivity contribution is 5.66. The number of unbranched alkanes of at least 4 members (excludes halogenated alkanes) is 5. The first-order valence-corrected chi connectivity index (χ1v) is 9.67. The molecule has 2 aliphatic rings. The molecule has 2 rings (SSSR count). The Morgan fingerprint density at radius 1 is 1.17 bits per heavy atom. The number of carbonyl (C=O) groups is 1. The van der Waals surface area contributed by atoms with E-state index in [0.717, 1.165) is 25.7 Å².